The topological polar surface area (TPSA) is 68.4 Å². The van der Waals surface area contributed by atoms with E-state index in [1.165, 1.54) is 0 Å². The summed E-state index contributed by atoms with van der Waals surface area (Å²) in [5, 5.41) is 16.5. The number of hydrogen-bond donors (Lipinski definition) is 1. The highest BCUT2D eigenvalue weighted by Crippen LogP contribution is 2.22. The minimum absolute atomic E-state index is 0.0144. The molecule has 1 N–H and O–H groups in total. The van der Waals surface area contributed by atoms with Crippen LogP contribution in [0.2, 0.25) is 0 Å². The van der Waals surface area contributed by atoms with Gasteiger partial charge in [0.2, 0.25) is 11.8 Å². The van der Waals surface area contributed by atoms with E-state index < -0.39 is 0 Å². The number of hydrogen-bond acceptors (Lipinski definition) is 5. The van der Waals surface area contributed by atoms with Crippen LogP contribution in [0.25, 0.3) is 0 Å². The molecule has 2 rings (SSSR count). The lowest BCUT2D eigenvalue weighted by Gasteiger charge is -2.10. The minimum Gasteiger partial charge on any atom is -0.493 e. The van der Waals surface area contributed by atoms with Crippen molar-refractivity contribution in [1.82, 2.24) is 10.2 Å². The Balaban J connectivity index is 1.89. The molecular weight excluding hydrogens is 244 g/mol. The summed E-state index contributed by atoms with van der Waals surface area (Å²) in [5.74, 6) is 1.91. The lowest BCUT2D eigenvalue weighted by Crippen LogP contribution is -2.04. The monoisotopic (exact) mass is 262 g/mol. The molecule has 1 heterocycles. The van der Waals surface area contributed by atoms with Gasteiger partial charge in [-0.2, -0.15) is 0 Å². The molecule has 0 saturated carbocycles. The van der Waals surface area contributed by atoms with Gasteiger partial charge in [-0.05, 0) is 25.0 Å². The number of para-hydroxylation sites is 1. The van der Waals surface area contributed by atoms with Gasteiger partial charge in [0.1, 0.15) is 5.75 Å². The summed E-state index contributed by atoms with van der Waals surface area (Å²) in [4.78, 5) is 0. The Labute approximate surface area is 112 Å². The second kappa shape index (κ2) is 6.33. The van der Waals surface area contributed by atoms with Crippen molar-refractivity contribution in [2.45, 2.75) is 26.7 Å². The van der Waals surface area contributed by atoms with Crippen molar-refractivity contribution in [2.24, 2.45) is 0 Å². The smallest absolute Gasteiger partial charge is 0.219 e. The molecule has 19 heavy (non-hydrogen) atoms. The molecule has 0 aliphatic carbocycles. The van der Waals surface area contributed by atoms with Crippen molar-refractivity contribution >= 4 is 0 Å². The van der Waals surface area contributed by atoms with Crippen molar-refractivity contribution in [2.75, 3.05) is 13.2 Å². The van der Waals surface area contributed by atoms with Crippen LogP contribution in [0.4, 0.5) is 0 Å². The fourth-order valence-electron chi connectivity index (χ4n) is 1.85. The molecule has 2 aromatic rings. The highest BCUT2D eigenvalue weighted by Gasteiger charge is 2.07. The molecule has 0 atom stereocenters. The summed E-state index contributed by atoms with van der Waals surface area (Å²) in [6.45, 7) is 4.55. The van der Waals surface area contributed by atoms with Crippen molar-refractivity contribution in [3.8, 4) is 5.75 Å². The van der Waals surface area contributed by atoms with Crippen molar-refractivity contribution in [3.05, 3.63) is 41.1 Å². The van der Waals surface area contributed by atoms with E-state index in [2.05, 4.69) is 10.2 Å². The average molecular weight is 262 g/mol. The maximum atomic E-state index is 8.76. The molecule has 0 radical (unpaired) electrons. The van der Waals surface area contributed by atoms with Crippen molar-refractivity contribution in [3.63, 3.8) is 0 Å². The maximum absolute atomic E-state index is 8.76. The summed E-state index contributed by atoms with van der Waals surface area (Å²) in [6.07, 6.45) is 0.955. The van der Waals surface area contributed by atoms with Crippen molar-refractivity contribution < 1.29 is 14.3 Å². The summed E-state index contributed by atoms with van der Waals surface area (Å²) in [5.41, 5.74) is 2.23. The van der Waals surface area contributed by atoms with Gasteiger partial charge in [-0.15, -0.1) is 10.2 Å². The maximum Gasteiger partial charge on any atom is 0.219 e. The molecule has 1 aromatic heterocycles. The molecular formula is C14H18N2O3. The zero-order valence-corrected chi connectivity index (χ0v) is 11.2. The third kappa shape index (κ3) is 3.54. The number of rotatable bonds is 6. The number of ether oxygens (including phenoxy) is 1. The zero-order valence-electron chi connectivity index (χ0n) is 11.2. The summed E-state index contributed by atoms with van der Waals surface area (Å²) >= 11 is 0. The van der Waals surface area contributed by atoms with Gasteiger partial charge in [0.05, 0.1) is 19.6 Å². The molecule has 0 aliphatic heterocycles. The van der Waals surface area contributed by atoms with Crippen LogP contribution in [0, 0.1) is 13.8 Å². The first-order valence-corrected chi connectivity index (χ1v) is 6.32. The molecule has 0 amide bonds. The largest absolute Gasteiger partial charge is 0.493 e. The van der Waals surface area contributed by atoms with Crippen LogP contribution in [0.5, 0.6) is 5.75 Å². The summed E-state index contributed by atoms with van der Waals surface area (Å²) in [6, 6.07) is 6.06. The number of aryl methyl sites for hydroxylation is 2. The normalized spacial score (nSPS) is 10.7. The van der Waals surface area contributed by atoms with Gasteiger partial charge in [-0.1, -0.05) is 18.2 Å². The predicted octanol–water partition coefficient (Wildman–Crippen LogP) is 1.84. The van der Waals surface area contributed by atoms with Crippen LogP contribution < -0.4 is 4.74 Å². The SMILES string of the molecule is Cc1cccc(C)c1OCCc1nnc(CCO)o1. The number of aliphatic hydroxyl groups excluding tert-OH is 1. The van der Waals surface area contributed by atoms with Gasteiger partial charge in [0.25, 0.3) is 0 Å². The van der Waals surface area contributed by atoms with Gasteiger partial charge in [-0.25, -0.2) is 0 Å². The van der Waals surface area contributed by atoms with Gasteiger partial charge in [0.15, 0.2) is 0 Å². The molecule has 0 unspecified atom stereocenters. The van der Waals surface area contributed by atoms with Gasteiger partial charge in [0, 0.05) is 6.42 Å². The van der Waals surface area contributed by atoms with E-state index >= 15 is 0 Å². The first-order chi connectivity index (χ1) is 9.20. The highest BCUT2D eigenvalue weighted by molar-refractivity contribution is 5.39. The third-order valence-electron chi connectivity index (χ3n) is 2.81. The first kappa shape index (κ1) is 13.5. The molecule has 0 fully saturated rings. The van der Waals surface area contributed by atoms with E-state index in [-0.39, 0.29) is 6.61 Å². The Hall–Kier alpha value is -1.88. The first-order valence-electron chi connectivity index (χ1n) is 6.32. The summed E-state index contributed by atoms with van der Waals surface area (Å²) in [7, 11) is 0. The van der Waals surface area contributed by atoms with Crippen LogP contribution in [0.3, 0.4) is 0 Å². The molecule has 5 heteroatoms. The van der Waals surface area contributed by atoms with Gasteiger partial charge in [-0.3, -0.25) is 0 Å². The van der Waals surface area contributed by atoms with Gasteiger partial charge >= 0.3 is 0 Å². The number of benzene rings is 1. The van der Waals surface area contributed by atoms with Crippen LogP contribution in [0.15, 0.2) is 22.6 Å². The molecule has 0 aliphatic rings. The fourth-order valence-corrected chi connectivity index (χ4v) is 1.85. The van der Waals surface area contributed by atoms with E-state index in [1.54, 1.807) is 0 Å². The molecule has 102 valence electrons. The molecule has 0 bridgehead atoms. The van der Waals surface area contributed by atoms with Crippen molar-refractivity contribution in [1.29, 1.82) is 0 Å². The molecule has 5 nitrogen and oxygen atoms in total. The lowest BCUT2D eigenvalue weighted by molar-refractivity contribution is 0.277. The predicted molar refractivity (Wildman–Crippen MR) is 70.2 cm³/mol. The zero-order chi connectivity index (χ0) is 13.7. The lowest BCUT2D eigenvalue weighted by atomic mass is 10.1. The van der Waals surface area contributed by atoms with E-state index in [0.717, 1.165) is 16.9 Å². The van der Waals surface area contributed by atoms with E-state index in [0.29, 0.717) is 31.2 Å². The van der Waals surface area contributed by atoms with E-state index in [4.69, 9.17) is 14.3 Å². The average Bonchev–Trinajstić information content (AvgIpc) is 2.81. The van der Waals surface area contributed by atoms with Gasteiger partial charge < -0.3 is 14.3 Å². The number of aromatic nitrogens is 2. The van der Waals surface area contributed by atoms with Crippen LogP contribution in [-0.2, 0) is 12.8 Å². The molecule has 0 saturated heterocycles. The second-order valence-corrected chi connectivity index (χ2v) is 4.38. The standard InChI is InChI=1S/C14H18N2O3/c1-10-4-3-5-11(2)14(10)18-9-7-13-16-15-12(19-13)6-8-17/h3-5,17H,6-9H2,1-2H3. The van der Waals surface area contributed by atoms with E-state index in [9.17, 15) is 0 Å². The summed E-state index contributed by atoms with van der Waals surface area (Å²) < 4.78 is 11.1. The number of nitrogens with zero attached hydrogens (tertiary/aromatic N) is 2. The Bertz CT molecular complexity index is 517. The van der Waals surface area contributed by atoms with E-state index in [1.807, 2.05) is 32.0 Å². The Morgan fingerprint density at radius 3 is 2.37 bits per heavy atom. The highest BCUT2D eigenvalue weighted by atomic mass is 16.5. The Morgan fingerprint density at radius 2 is 1.74 bits per heavy atom. The van der Waals surface area contributed by atoms with Crippen LogP contribution in [0.1, 0.15) is 22.9 Å². The Morgan fingerprint density at radius 1 is 1.11 bits per heavy atom. The number of aliphatic hydroxyl groups is 1. The molecule has 1 aromatic carbocycles. The second-order valence-electron chi connectivity index (χ2n) is 4.38. The third-order valence-corrected chi connectivity index (χ3v) is 2.81. The Kier molecular flexibility index (Phi) is 4.52. The van der Waals surface area contributed by atoms with Crippen LogP contribution >= 0.6 is 0 Å². The fraction of sp³-hybridized carbons (Fsp3) is 0.429. The quantitative estimate of drug-likeness (QED) is 0.860. The minimum atomic E-state index is 0.0144. The molecule has 0 spiro atoms. The van der Waals surface area contributed by atoms with Crippen LogP contribution in [-0.4, -0.2) is 28.5 Å².